The lowest BCUT2D eigenvalue weighted by atomic mass is 9.99. The molecule has 0 radical (unpaired) electrons. The molecule has 0 aromatic carbocycles. The largest absolute Gasteiger partial charge is 0.508 e. The van der Waals surface area contributed by atoms with Crippen LogP contribution in [0.2, 0.25) is 0 Å². The van der Waals surface area contributed by atoms with Crippen LogP contribution in [0.1, 0.15) is 70.6 Å². The van der Waals surface area contributed by atoms with Gasteiger partial charge in [-0.1, -0.05) is 44.9 Å². The van der Waals surface area contributed by atoms with Gasteiger partial charge in [-0.05, 0) is 25.7 Å². The molecular formula is C14H26O3. The summed E-state index contributed by atoms with van der Waals surface area (Å²) in [6.45, 7) is 0. The maximum Gasteiger partial charge on any atom is 0.508 e. The summed E-state index contributed by atoms with van der Waals surface area (Å²) in [6, 6.07) is 0. The maximum atomic E-state index is 11.1. The van der Waals surface area contributed by atoms with Crippen LogP contribution in [0.4, 0.5) is 4.79 Å². The maximum absolute atomic E-state index is 11.1. The number of hydrogen-bond acceptors (Lipinski definition) is 3. The van der Waals surface area contributed by atoms with Crippen molar-refractivity contribution in [1.82, 2.24) is 0 Å². The third-order valence-electron chi connectivity index (χ3n) is 3.48. The first kappa shape index (κ1) is 14.3. The van der Waals surface area contributed by atoms with Crippen LogP contribution >= 0.6 is 0 Å². The molecule has 0 atom stereocenters. The first-order valence-corrected chi connectivity index (χ1v) is 7.07. The smallest absolute Gasteiger partial charge is 0.438 e. The van der Waals surface area contributed by atoms with Crippen molar-refractivity contribution in [1.29, 1.82) is 0 Å². The third kappa shape index (κ3) is 7.24. The highest BCUT2D eigenvalue weighted by Gasteiger charge is 2.14. The summed E-state index contributed by atoms with van der Waals surface area (Å²) in [5, 5.41) is 0. The van der Waals surface area contributed by atoms with Gasteiger partial charge < -0.3 is 9.47 Å². The van der Waals surface area contributed by atoms with Gasteiger partial charge in [0.25, 0.3) is 0 Å². The summed E-state index contributed by atoms with van der Waals surface area (Å²) >= 11 is 0. The molecule has 0 spiro atoms. The van der Waals surface area contributed by atoms with Gasteiger partial charge in [0.15, 0.2) is 0 Å². The van der Waals surface area contributed by atoms with E-state index in [2.05, 4.69) is 4.74 Å². The molecule has 3 heteroatoms. The lowest BCUT2D eigenvalue weighted by Gasteiger charge is -2.17. The molecular weight excluding hydrogens is 216 g/mol. The van der Waals surface area contributed by atoms with Gasteiger partial charge in [-0.25, -0.2) is 4.79 Å². The van der Waals surface area contributed by atoms with E-state index in [9.17, 15) is 4.79 Å². The summed E-state index contributed by atoms with van der Waals surface area (Å²) < 4.78 is 9.85. The number of carbonyl (C=O) groups excluding carboxylic acids is 1. The van der Waals surface area contributed by atoms with Gasteiger partial charge in [0.1, 0.15) is 6.10 Å². The molecule has 3 nitrogen and oxygen atoms in total. The van der Waals surface area contributed by atoms with Crippen LogP contribution in [0.25, 0.3) is 0 Å². The molecule has 0 aromatic heterocycles. The fourth-order valence-corrected chi connectivity index (χ4v) is 2.43. The van der Waals surface area contributed by atoms with Crippen molar-refractivity contribution in [2.45, 2.75) is 76.7 Å². The Bertz CT molecular complexity index is 192. The molecule has 1 aliphatic carbocycles. The van der Waals surface area contributed by atoms with Crippen molar-refractivity contribution in [3.63, 3.8) is 0 Å². The summed E-state index contributed by atoms with van der Waals surface area (Å²) in [5.74, 6) is 0. The van der Waals surface area contributed by atoms with Crippen molar-refractivity contribution in [2.75, 3.05) is 7.11 Å². The van der Waals surface area contributed by atoms with Crippen molar-refractivity contribution in [3.8, 4) is 0 Å². The van der Waals surface area contributed by atoms with Gasteiger partial charge >= 0.3 is 6.16 Å². The molecule has 0 unspecified atom stereocenters. The Kier molecular flexibility index (Phi) is 7.85. The van der Waals surface area contributed by atoms with E-state index in [0.29, 0.717) is 0 Å². The molecule has 1 rings (SSSR count). The van der Waals surface area contributed by atoms with Crippen LogP contribution in [-0.4, -0.2) is 19.4 Å². The monoisotopic (exact) mass is 242 g/mol. The Labute approximate surface area is 105 Å². The molecule has 0 amide bonds. The molecule has 1 aliphatic rings. The average Bonchev–Trinajstić information content (AvgIpc) is 2.32. The van der Waals surface area contributed by atoms with Gasteiger partial charge in [0, 0.05) is 0 Å². The average molecular weight is 242 g/mol. The van der Waals surface area contributed by atoms with Crippen molar-refractivity contribution in [3.05, 3.63) is 0 Å². The van der Waals surface area contributed by atoms with E-state index >= 15 is 0 Å². The number of methoxy groups -OCH3 is 1. The molecule has 1 fully saturated rings. The standard InChI is InChI=1S/C14H26O3/c1-16-14(15)17-13-11-9-7-5-3-2-4-6-8-10-12-13/h13H,2-12H2,1H3. The molecule has 0 aromatic rings. The first-order chi connectivity index (χ1) is 8.33. The van der Waals surface area contributed by atoms with Crippen LogP contribution in [0.15, 0.2) is 0 Å². The minimum Gasteiger partial charge on any atom is -0.438 e. The summed E-state index contributed by atoms with van der Waals surface area (Å²) in [7, 11) is 1.37. The Hall–Kier alpha value is -0.730. The minimum absolute atomic E-state index is 0.0712. The SMILES string of the molecule is COC(=O)OC1CCCCCCCCCCC1. The van der Waals surface area contributed by atoms with E-state index in [1.807, 2.05) is 0 Å². The number of hydrogen-bond donors (Lipinski definition) is 0. The van der Waals surface area contributed by atoms with Crippen LogP contribution < -0.4 is 0 Å². The van der Waals surface area contributed by atoms with Crippen LogP contribution in [0.3, 0.4) is 0 Å². The van der Waals surface area contributed by atoms with E-state index in [1.165, 1.54) is 64.9 Å². The third-order valence-corrected chi connectivity index (χ3v) is 3.48. The lowest BCUT2D eigenvalue weighted by molar-refractivity contribution is 0.0286. The van der Waals surface area contributed by atoms with E-state index in [0.717, 1.165) is 12.8 Å². The van der Waals surface area contributed by atoms with Crippen LogP contribution in [0, 0.1) is 0 Å². The number of rotatable bonds is 1. The molecule has 0 heterocycles. The fraction of sp³-hybridized carbons (Fsp3) is 0.929. The Morgan fingerprint density at radius 2 is 1.24 bits per heavy atom. The molecule has 0 bridgehead atoms. The molecule has 0 saturated heterocycles. The van der Waals surface area contributed by atoms with Gasteiger partial charge in [0.2, 0.25) is 0 Å². The Morgan fingerprint density at radius 1 is 0.824 bits per heavy atom. The summed E-state index contributed by atoms with van der Waals surface area (Å²) in [4.78, 5) is 11.1. The van der Waals surface area contributed by atoms with E-state index in [4.69, 9.17) is 4.74 Å². The second-order valence-electron chi connectivity index (χ2n) is 4.95. The highest BCUT2D eigenvalue weighted by Crippen LogP contribution is 2.19. The Balaban J connectivity index is 2.29. The van der Waals surface area contributed by atoms with Crippen molar-refractivity contribution in [2.24, 2.45) is 0 Å². The summed E-state index contributed by atoms with van der Waals surface area (Å²) in [6.07, 6.45) is 13.2. The van der Waals surface area contributed by atoms with Crippen molar-refractivity contribution >= 4 is 6.16 Å². The molecule has 0 N–H and O–H groups in total. The van der Waals surface area contributed by atoms with Gasteiger partial charge in [-0.3, -0.25) is 0 Å². The predicted octanol–water partition coefficient (Wildman–Crippen LogP) is 4.44. The zero-order valence-electron chi connectivity index (χ0n) is 11.1. The second kappa shape index (κ2) is 9.32. The van der Waals surface area contributed by atoms with Gasteiger partial charge in [-0.15, -0.1) is 0 Å². The fourth-order valence-electron chi connectivity index (χ4n) is 2.43. The predicted molar refractivity (Wildman–Crippen MR) is 68.1 cm³/mol. The summed E-state index contributed by atoms with van der Waals surface area (Å²) in [5.41, 5.74) is 0. The zero-order valence-corrected chi connectivity index (χ0v) is 11.1. The molecule has 1 saturated carbocycles. The highest BCUT2D eigenvalue weighted by atomic mass is 16.7. The lowest BCUT2D eigenvalue weighted by Crippen LogP contribution is -2.18. The second-order valence-corrected chi connectivity index (χ2v) is 4.95. The van der Waals surface area contributed by atoms with Gasteiger partial charge in [-0.2, -0.15) is 0 Å². The van der Waals surface area contributed by atoms with E-state index < -0.39 is 6.16 Å². The Morgan fingerprint density at radius 3 is 1.65 bits per heavy atom. The number of carbonyl (C=O) groups is 1. The number of ether oxygens (including phenoxy) is 2. The topological polar surface area (TPSA) is 35.5 Å². The molecule has 100 valence electrons. The highest BCUT2D eigenvalue weighted by molar-refractivity contribution is 5.59. The van der Waals surface area contributed by atoms with Crippen LogP contribution in [-0.2, 0) is 9.47 Å². The normalized spacial score (nSPS) is 21.0. The minimum atomic E-state index is -0.526. The quantitative estimate of drug-likeness (QED) is 0.637. The first-order valence-electron chi connectivity index (χ1n) is 7.07. The zero-order chi connectivity index (χ0) is 12.3. The van der Waals surface area contributed by atoms with Gasteiger partial charge in [0.05, 0.1) is 7.11 Å². The van der Waals surface area contributed by atoms with E-state index in [-0.39, 0.29) is 6.10 Å². The van der Waals surface area contributed by atoms with Crippen LogP contribution in [0.5, 0.6) is 0 Å². The molecule has 0 aliphatic heterocycles. The molecule has 17 heavy (non-hydrogen) atoms. The van der Waals surface area contributed by atoms with Crippen molar-refractivity contribution < 1.29 is 14.3 Å². The van der Waals surface area contributed by atoms with E-state index in [1.54, 1.807) is 0 Å².